The van der Waals surface area contributed by atoms with Gasteiger partial charge in [-0.15, -0.1) is 0 Å². The highest BCUT2D eigenvalue weighted by atomic mass is 16.3. The van der Waals surface area contributed by atoms with Crippen LogP contribution in [0.5, 0.6) is 0 Å². The van der Waals surface area contributed by atoms with Gasteiger partial charge in [-0.05, 0) is 43.6 Å². The van der Waals surface area contributed by atoms with Crippen molar-refractivity contribution < 1.29 is 9.90 Å². The number of hydrogen-bond acceptors (Lipinski definition) is 3. The number of aliphatic hydroxyl groups excluding tert-OH is 1. The van der Waals surface area contributed by atoms with Crippen molar-refractivity contribution in [1.82, 2.24) is 15.5 Å². The summed E-state index contributed by atoms with van der Waals surface area (Å²) in [7, 11) is 0. The molecule has 22 heavy (non-hydrogen) atoms. The molecule has 3 atom stereocenters. The molecule has 0 spiro atoms. The molecule has 3 N–H and O–H groups in total. The van der Waals surface area contributed by atoms with Crippen LogP contribution in [-0.4, -0.2) is 54.9 Å². The SMILES string of the molecule is CC1CC(C)CN(CCCNC(=O)NC(CCO)C(C)C)C1. The fourth-order valence-corrected chi connectivity index (χ4v) is 3.41. The third-order valence-corrected chi connectivity index (χ3v) is 4.44. The molecule has 1 rings (SSSR count). The largest absolute Gasteiger partial charge is 0.396 e. The summed E-state index contributed by atoms with van der Waals surface area (Å²) in [5.41, 5.74) is 0. The number of amides is 2. The molecule has 2 amide bonds. The molecular formula is C17H35N3O2. The zero-order valence-corrected chi connectivity index (χ0v) is 14.8. The van der Waals surface area contributed by atoms with Crippen molar-refractivity contribution in [2.45, 2.75) is 53.0 Å². The first-order valence-electron chi connectivity index (χ1n) is 8.80. The molecule has 0 saturated carbocycles. The first-order valence-corrected chi connectivity index (χ1v) is 8.80. The summed E-state index contributed by atoms with van der Waals surface area (Å²) in [5, 5.41) is 14.9. The minimum absolute atomic E-state index is 0.0359. The quantitative estimate of drug-likeness (QED) is 0.601. The van der Waals surface area contributed by atoms with Crippen molar-refractivity contribution in [2.75, 3.05) is 32.8 Å². The van der Waals surface area contributed by atoms with E-state index in [1.807, 2.05) is 0 Å². The number of piperidine rings is 1. The molecule has 0 aromatic heterocycles. The molecule has 1 heterocycles. The van der Waals surface area contributed by atoms with Crippen molar-refractivity contribution in [3.8, 4) is 0 Å². The summed E-state index contributed by atoms with van der Waals surface area (Å²) >= 11 is 0. The van der Waals surface area contributed by atoms with E-state index in [1.54, 1.807) is 0 Å². The number of carbonyl (C=O) groups excluding carboxylic acids is 1. The minimum atomic E-state index is -0.118. The van der Waals surface area contributed by atoms with Crippen LogP contribution in [0.1, 0.15) is 47.0 Å². The highest BCUT2D eigenvalue weighted by molar-refractivity contribution is 5.74. The fraction of sp³-hybridized carbons (Fsp3) is 0.941. The van der Waals surface area contributed by atoms with E-state index in [2.05, 4.69) is 43.2 Å². The summed E-state index contributed by atoms with van der Waals surface area (Å²) < 4.78 is 0. The lowest BCUT2D eigenvalue weighted by Crippen LogP contribution is -2.45. The van der Waals surface area contributed by atoms with E-state index >= 15 is 0 Å². The monoisotopic (exact) mass is 313 g/mol. The second-order valence-corrected chi connectivity index (χ2v) is 7.32. The van der Waals surface area contributed by atoms with Gasteiger partial charge in [0.25, 0.3) is 0 Å². The van der Waals surface area contributed by atoms with Crippen LogP contribution in [0.4, 0.5) is 4.79 Å². The lowest BCUT2D eigenvalue weighted by molar-refractivity contribution is 0.139. The average molecular weight is 313 g/mol. The summed E-state index contributed by atoms with van der Waals surface area (Å²) in [6, 6.07) is -0.0821. The third kappa shape index (κ3) is 7.45. The number of urea groups is 1. The number of aliphatic hydroxyl groups is 1. The number of carbonyl (C=O) groups is 1. The van der Waals surface area contributed by atoms with Gasteiger partial charge in [0.1, 0.15) is 0 Å². The average Bonchev–Trinajstić information content (AvgIpc) is 2.42. The van der Waals surface area contributed by atoms with E-state index in [-0.39, 0.29) is 18.7 Å². The van der Waals surface area contributed by atoms with Gasteiger partial charge in [-0.2, -0.15) is 0 Å². The standard InChI is InChI=1S/C17H35N3O2/c1-13(2)16(6-9-21)19-17(22)18-7-5-8-20-11-14(3)10-15(4)12-20/h13-16,21H,5-12H2,1-4H3,(H2,18,19,22). The Hall–Kier alpha value is -0.810. The summed E-state index contributed by atoms with van der Waals surface area (Å²) in [6.07, 6.45) is 2.92. The maximum atomic E-state index is 11.9. The lowest BCUT2D eigenvalue weighted by atomic mass is 9.92. The predicted octanol–water partition coefficient (Wildman–Crippen LogP) is 2.06. The van der Waals surface area contributed by atoms with Crippen LogP contribution in [0.3, 0.4) is 0 Å². The van der Waals surface area contributed by atoms with Crippen LogP contribution in [0.15, 0.2) is 0 Å². The molecule has 1 aliphatic rings. The fourth-order valence-electron chi connectivity index (χ4n) is 3.41. The predicted molar refractivity (Wildman–Crippen MR) is 90.9 cm³/mol. The van der Waals surface area contributed by atoms with Gasteiger partial charge in [0.05, 0.1) is 0 Å². The first kappa shape index (κ1) is 19.2. The second-order valence-electron chi connectivity index (χ2n) is 7.32. The van der Waals surface area contributed by atoms with Gasteiger partial charge < -0.3 is 20.6 Å². The third-order valence-electron chi connectivity index (χ3n) is 4.44. The summed E-state index contributed by atoms with van der Waals surface area (Å²) in [5.74, 6) is 1.89. The Bertz CT molecular complexity index is 313. The van der Waals surface area contributed by atoms with Crippen molar-refractivity contribution in [3.05, 3.63) is 0 Å². The Kier molecular flexibility index (Phi) is 8.79. The Morgan fingerprint density at radius 1 is 1.27 bits per heavy atom. The minimum Gasteiger partial charge on any atom is -0.396 e. The van der Waals surface area contributed by atoms with Crippen LogP contribution >= 0.6 is 0 Å². The molecule has 1 saturated heterocycles. The Morgan fingerprint density at radius 3 is 2.45 bits per heavy atom. The van der Waals surface area contributed by atoms with Gasteiger partial charge in [-0.25, -0.2) is 4.79 Å². The van der Waals surface area contributed by atoms with Crippen LogP contribution in [0.2, 0.25) is 0 Å². The van der Waals surface area contributed by atoms with E-state index in [1.165, 1.54) is 19.5 Å². The van der Waals surface area contributed by atoms with Gasteiger partial charge in [-0.1, -0.05) is 27.7 Å². The van der Waals surface area contributed by atoms with Crippen LogP contribution in [-0.2, 0) is 0 Å². The molecule has 5 nitrogen and oxygen atoms in total. The lowest BCUT2D eigenvalue weighted by Gasteiger charge is -2.34. The van der Waals surface area contributed by atoms with Gasteiger partial charge in [0, 0.05) is 32.3 Å². The number of nitrogens with zero attached hydrogens (tertiary/aromatic N) is 1. The highest BCUT2D eigenvalue weighted by Gasteiger charge is 2.21. The molecule has 0 bridgehead atoms. The van der Waals surface area contributed by atoms with Crippen molar-refractivity contribution >= 4 is 6.03 Å². The smallest absolute Gasteiger partial charge is 0.315 e. The molecule has 0 aliphatic carbocycles. The van der Waals surface area contributed by atoms with Crippen molar-refractivity contribution in [2.24, 2.45) is 17.8 Å². The second kappa shape index (κ2) is 10.1. The van der Waals surface area contributed by atoms with Gasteiger partial charge in [-0.3, -0.25) is 0 Å². The highest BCUT2D eigenvalue weighted by Crippen LogP contribution is 2.20. The molecule has 0 aromatic carbocycles. The molecule has 1 fully saturated rings. The Labute approximate surface area is 135 Å². The molecule has 5 heteroatoms. The van der Waals surface area contributed by atoms with Gasteiger partial charge in [0.15, 0.2) is 0 Å². The van der Waals surface area contributed by atoms with Crippen molar-refractivity contribution in [1.29, 1.82) is 0 Å². The van der Waals surface area contributed by atoms with E-state index < -0.39 is 0 Å². The normalized spacial score (nSPS) is 24.3. The molecule has 130 valence electrons. The molecule has 0 radical (unpaired) electrons. The van der Waals surface area contributed by atoms with E-state index in [4.69, 9.17) is 5.11 Å². The van der Waals surface area contributed by atoms with Crippen molar-refractivity contribution in [3.63, 3.8) is 0 Å². The maximum Gasteiger partial charge on any atom is 0.315 e. The number of hydrogen-bond donors (Lipinski definition) is 3. The summed E-state index contributed by atoms with van der Waals surface area (Å²) in [4.78, 5) is 14.4. The Balaban J connectivity index is 2.16. The number of nitrogens with one attached hydrogen (secondary N) is 2. The zero-order chi connectivity index (χ0) is 16.5. The number of likely N-dealkylation sites (tertiary alicyclic amines) is 1. The van der Waals surface area contributed by atoms with Crippen LogP contribution in [0, 0.1) is 17.8 Å². The van der Waals surface area contributed by atoms with E-state index in [0.29, 0.717) is 18.9 Å². The maximum absolute atomic E-state index is 11.9. The molecule has 1 aliphatic heterocycles. The summed E-state index contributed by atoms with van der Waals surface area (Å²) in [6.45, 7) is 13.0. The molecular weight excluding hydrogens is 278 g/mol. The molecule has 3 unspecified atom stereocenters. The number of rotatable bonds is 8. The van der Waals surface area contributed by atoms with E-state index in [9.17, 15) is 4.79 Å². The van der Waals surface area contributed by atoms with E-state index in [0.717, 1.165) is 24.8 Å². The molecule has 0 aromatic rings. The van der Waals surface area contributed by atoms with Gasteiger partial charge in [0.2, 0.25) is 0 Å². The van der Waals surface area contributed by atoms with Gasteiger partial charge >= 0.3 is 6.03 Å². The topological polar surface area (TPSA) is 64.6 Å². The first-order chi connectivity index (χ1) is 10.4. The van der Waals surface area contributed by atoms with Crippen LogP contribution in [0.25, 0.3) is 0 Å². The Morgan fingerprint density at radius 2 is 1.91 bits per heavy atom. The zero-order valence-electron chi connectivity index (χ0n) is 14.8. The van der Waals surface area contributed by atoms with Crippen LogP contribution < -0.4 is 10.6 Å².